The molecule has 3 aromatic carbocycles. The van der Waals surface area contributed by atoms with Crippen molar-refractivity contribution >= 4 is 17.1 Å². The molecule has 0 amide bonds. The summed E-state index contributed by atoms with van der Waals surface area (Å²) in [4.78, 5) is 23.7. The van der Waals surface area contributed by atoms with Crippen LogP contribution in [0.5, 0.6) is 5.75 Å². The number of azo groups is 1. The third kappa shape index (κ3) is 4.31. The van der Waals surface area contributed by atoms with E-state index in [-0.39, 0.29) is 16.9 Å². The Bertz CT molecular complexity index is 1310. The lowest BCUT2D eigenvalue weighted by molar-refractivity contribution is -0.384. The van der Waals surface area contributed by atoms with Crippen molar-refractivity contribution in [1.82, 2.24) is 9.78 Å². The molecule has 160 valence electrons. The Labute approximate surface area is 182 Å². The van der Waals surface area contributed by atoms with Crippen molar-refractivity contribution < 1.29 is 9.66 Å². The maximum Gasteiger partial charge on any atom is 0.299 e. The predicted molar refractivity (Wildman–Crippen MR) is 120 cm³/mol. The number of hydrogen-bond donors (Lipinski definition) is 1. The van der Waals surface area contributed by atoms with Crippen molar-refractivity contribution in [3.05, 3.63) is 99.3 Å². The zero-order chi connectivity index (χ0) is 22.5. The van der Waals surface area contributed by atoms with Gasteiger partial charge in [-0.25, -0.2) is 4.68 Å². The van der Waals surface area contributed by atoms with Gasteiger partial charge >= 0.3 is 0 Å². The summed E-state index contributed by atoms with van der Waals surface area (Å²) < 4.78 is 6.78. The Morgan fingerprint density at radius 1 is 0.969 bits per heavy atom. The number of nitro benzene ring substituents is 1. The Hall–Kier alpha value is -4.53. The van der Waals surface area contributed by atoms with Crippen LogP contribution in [0.25, 0.3) is 16.9 Å². The number of hydrogen-bond acceptors (Lipinski definition) is 6. The first-order valence-corrected chi connectivity index (χ1v) is 9.86. The Morgan fingerprint density at radius 2 is 1.66 bits per heavy atom. The quantitative estimate of drug-likeness (QED) is 0.235. The number of nitrogens with zero attached hydrogens (tertiary/aromatic N) is 4. The van der Waals surface area contributed by atoms with E-state index in [0.29, 0.717) is 35.0 Å². The van der Waals surface area contributed by atoms with E-state index in [0.717, 1.165) is 0 Å². The lowest BCUT2D eigenvalue weighted by atomic mass is 10.1. The van der Waals surface area contributed by atoms with Gasteiger partial charge < -0.3 is 4.74 Å². The molecule has 0 bridgehead atoms. The molecule has 1 heterocycles. The Kier molecular flexibility index (Phi) is 5.89. The van der Waals surface area contributed by atoms with Crippen LogP contribution in [-0.2, 0) is 0 Å². The van der Waals surface area contributed by atoms with Gasteiger partial charge in [0.25, 0.3) is 11.2 Å². The molecule has 0 unspecified atom stereocenters. The van der Waals surface area contributed by atoms with E-state index in [1.807, 2.05) is 25.1 Å². The first-order chi connectivity index (χ1) is 15.6. The van der Waals surface area contributed by atoms with Gasteiger partial charge in [-0.05, 0) is 55.5 Å². The summed E-state index contributed by atoms with van der Waals surface area (Å²) >= 11 is 0. The standard InChI is InChI=1S/C23H19N5O4/c1-2-32-20-14-10-17(11-15-20)24-25-22-21(16-8-12-19(13-9-16)28(30)31)26-27(23(22)29)18-6-4-3-5-7-18/h3-15,26H,2H2,1H3. The van der Waals surface area contributed by atoms with Crippen LogP contribution in [0.2, 0.25) is 0 Å². The normalized spacial score (nSPS) is 11.0. The van der Waals surface area contributed by atoms with Crippen LogP contribution in [0.1, 0.15) is 6.92 Å². The molecule has 0 fully saturated rings. The van der Waals surface area contributed by atoms with Crippen LogP contribution in [0.4, 0.5) is 17.1 Å². The second-order valence-corrected chi connectivity index (χ2v) is 6.74. The number of para-hydroxylation sites is 1. The van der Waals surface area contributed by atoms with Crippen molar-refractivity contribution in [3.8, 4) is 22.7 Å². The van der Waals surface area contributed by atoms with Crippen molar-refractivity contribution in [3.63, 3.8) is 0 Å². The summed E-state index contributed by atoms with van der Waals surface area (Å²) in [5.74, 6) is 0.714. The molecular weight excluding hydrogens is 410 g/mol. The van der Waals surface area contributed by atoms with Gasteiger partial charge in [0.1, 0.15) is 5.75 Å². The molecule has 9 nitrogen and oxygen atoms in total. The van der Waals surface area contributed by atoms with Gasteiger partial charge in [0, 0.05) is 17.7 Å². The van der Waals surface area contributed by atoms with Gasteiger partial charge in [-0.15, -0.1) is 5.11 Å². The molecular formula is C23H19N5O4. The topological polar surface area (TPSA) is 115 Å². The van der Waals surface area contributed by atoms with Crippen molar-refractivity contribution in [1.29, 1.82) is 0 Å². The van der Waals surface area contributed by atoms with Gasteiger partial charge in [-0.1, -0.05) is 18.2 Å². The van der Waals surface area contributed by atoms with Gasteiger partial charge in [-0.3, -0.25) is 20.0 Å². The average Bonchev–Trinajstić information content (AvgIpc) is 3.15. The minimum Gasteiger partial charge on any atom is -0.494 e. The van der Waals surface area contributed by atoms with E-state index in [1.54, 1.807) is 48.5 Å². The second kappa shape index (κ2) is 9.09. The highest BCUT2D eigenvalue weighted by molar-refractivity contribution is 5.72. The van der Waals surface area contributed by atoms with Crippen molar-refractivity contribution in [2.45, 2.75) is 6.92 Å². The molecule has 4 rings (SSSR count). The minimum absolute atomic E-state index is 0.0452. The highest BCUT2D eigenvalue weighted by Gasteiger charge is 2.18. The molecule has 0 radical (unpaired) electrons. The van der Waals surface area contributed by atoms with E-state index in [4.69, 9.17) is 4.74 Å². The first kappa shape index (κ1) is 20.7. The number of nitrogens with one attached hydrogen (secondary N) is 1. The fraction of sp³-hybridized carbons (Fsp3) is 0.0870. The molecule has 0 aliphatic rings. The third-order valence-electron chi connectivity index (χ3n) is 4.66. The molecule has 4 aromatic rings. The Morgan fingerprint density at radius 3 is 2.28 bits per heavy atom. The molecule has 0 saturated heterocycles. The van der Waals surface area contributed by atoms with Crippen LogP contribution in [-0.4, -0.2) is 21.3 Å². The molecule has 1 N–H and O–H groups in total. The summed E-state index contributed by atoms with van der Waals surface area (Å²) in [5.41, 5.74) is 1.82. The molecule has 0 aliphatic heterocycles. The van der Waals surface area contributed by atoms with Crippen LogP contribution >= 0.6 is 0 Å². The number of H-pyrrole nitrogens is 1. The fourth-order valence-corrected chi connectivity index (χ4v) is 3.11. The zero-order valence-corrected chi connectivity index (χ0v) is 17.1. The highest BCUT2D eigenvalue weighted by Crippen LogP contribution is 2.30. The van der Waals surface area contributed by atoms with Crippen LogP contribution in [0, 0.1) is 10.1 Å². The van der Waals surface area contributed by atoms with E-state index in [9.17, 15) is 14.9 Å². The molecule has 0 spiro atoms. The smallest absolute Gasteiger partial charge is 0.299 e. The summed E-state index contributed by atoms with van der Waals surface area (Å²) in [7, 11) is 0. The lowest BCUT2D eigenvalue weighted by Gasteiger charge is -2.02. The summed E-state index contributed by atoms with van der Waals surface area (Å²) in [6.45, 7) is 2.46. The van der Waals surface area contributed by atoms with Crippen LogP contribution < -0.4 is 10.3 Å². The van der Waals surface area contributed by atoms with E-state index >= 15 is 0 Å². The lowest BCUT2D eigenvalue weighted by Crippen LogP contribution is -2.13. The minimum atomic E-state index is -0.478. The van der Waals surface area contributed by atoms with Crippen LogP contribution in [0.15, 0.2) is 93.9 Å². The molecule has 0 saturated carbocycles. The number of non-ortho nitro benzene ring substituents is 1. The second-order valence-electron chi connectivity index (χ2n) is 6.74. The van der Waals surface area contributed by atoms with Crippen molar-refractivity contribution in [2.75, 3.05) is 6.61 Å². The van der Waals surface area contributed by atoms with Gasteiger partial charge in [0.05, 0.1) is 28.6 Å². The average molecular weight is 429 g/mol. The molecule has 0 aliphatic carbocycles. The predicted octanol–water partition coefficient (Wildman–Crippen LogP) is 5.55. The third-order valence-corrected chi connectivity index (χ3v) is 4.66. The zero-order valence-electron chi connectivity index (χ0n) is 17.1. The monoisotopic (exact) mass is 429 g/mol. The van der Waals surface area contributed by atoms with Crippen molar-refractivity contribution in [2.24, 2.45) is 10.2 Å². The first-order valence-electron chi connectivity index (χ1n) is 9.86. The molecule has 9 heteroatoms. The number of aromatic nitrogens is 2. The summed E-state index contributed by atoms with van der Waals surface area (Å²) in [5, 5.41) is 22.5. The largest absolute Gasteiger partial charge is 0.494 e. The number of ether oxygens (including phenoxy) is 1. The number of nitro groups is 1. The van der Waals surface area contributed by atoms with Gasteiger partial charge in [0.2, 0.25) is 0 Å². The van der Waals surface area contributed by atoms with E-state index in [1.165, 1.54) is 16.8 Å². The number of rotatable bonds is 7. The highest BCUT2D eigenvalue weighted by atomic mass is 16.6. The maximum atomic E-state index is 13.1. The van der Waals surface area contributed by atoms with E-state index in [2.05, 4.69) is 15.3 Å². The molecule has 32 heavy (non-hydrogen) atoms. The van der Waals surface area contributed by atoms with Gasteiger partial charge in [0.15, 0.2) is 5.69 Å². The van der Waals surface area contributed by atoms with Crippen LogP contribution in [0.3, 0.4) is 0 Å². The number of benzene rings is 3. The summed E-state index contributed by atoms with van der Waals surface area (Å²) in [6, 6.07) is 21.9. The SMILES string of the molecule is CCOc1ccc(N=Nc2c(-c3ccc([N+](=O)[O-])cc3)[nH]n(-c3ccccc3)c2=O)cc1. The summed E-state index contributed by atoms with van der Waals surface area (Å²) in [6.07, 6.45) is 0. The van der Waals surface area contributed by atoms with E-state index < -0.39 is 4.92 Å². The Balaban J connectivity index is 1.78. The maximum absolute atomic E-state index is 13.1. The van der Waals surface area contributed by atoms with Gasteiger partial charge in [-0.2, -0.15) is 5.11 Å². The molecule has 0 atom stereocenters. The number of aromatic amines is 1. The molecule has 1 aromatic heterocycles. The fourth-order valence-electron chi connectivity index (χ4n) is 3.11.